The van der Waals surface area contributed by atoms with E-state index < -0.39 is 0 Å². The summed E-state index contributed by atoms with van der Waals surface area (Å²) in [5.74, 6) is -0.425. The van der Waals surface area contributed by atoms with Crippen LogP contribution in [0.3, 0.4) is 0 Å². The van der Waals surface area contributed by atoms with Crippen molar-refractivity contribution in [1.29, 1.82) is 0 Å². The number of carbonyl (C=O) groups excluding carboxylic acids is 2. The van der Waals surface area contributed by atoms with E-state index in [9.17, 15) is 9.59 Å². The van der Waals surface area contributed by atoms with E-state index in [4.69, 9.17) is 0 Å². The molecule has 0 aromatic heterocycles. The lowest BCUT2D eigenvalue weighted by atomic mass is 10.1. The predicted molar refractivity (Wildman–Crippen MR) is 58.3 cm³/mol. The molecule has 1 aliphatic heterocycles. The Bertz CT molecular complexity index is 341. The van der Waals surface area contributed by atoms with E-state index in [0.29, 0.717) is 11.1 Å². The minimum Gasteiger partial charge on any atom is -0.277 e. The number of nitrogens with zero attached hydrogens (tertiary/aromatic N) is 1. The summed E-state index contributed by atoms with van der Waals surface area (Å²) < 4.78 is 0. The molecule has 0 radical (unpaired) electrons. The quantitative estimate of drug-likeness (QED) is 0.536. The monoisotopic (exact) mass is 289 g/mol. The fourth-order valence-corrected chi connectivity index (χ4v) is 1.31. The minimum absolute atomic E-state index is 0. The Morgan fingerprint density at radius 3 is 1.77 bits per heavy atom. The zero-order valence-corrected chi connectivity index (χ0v) is 9.31. The molecule has 1 heterocycles. The van der Waals surface area contributed by atoms with E-state index in [1.807, 2.05) is 0 Å². The normalized spacial score (nSPS) is 14.1. The topological polar surface area (TPSA) is 37.4 Å². The summed E-state index contributed by atoms with van der Waals surface area (Å²) >= 11 is 0. The van der Waals surface area contributed by atoms with Crippen molar-refractivity contribution in [3.63, 3.8) is 0 Å². The third kappa shape index (κ3) is 1.35. The third-order valence-electron chi connectivity index (χ3n) is 2.00. The van der Waals surface area contributed by atoms with Gasteiger partial charge in [0.15, 0.2) is 0 Å². The summed E-state index contributed by atoms with van der Waals surface area (Å²) in [5.41, 5.74) is 1.01. The minimum atomic E-state index is -0.212. The van der Waals surface area contributed by atoms with Crippen molar-refractivity contribution >= 4 is 35.8 Å². The first-order chi connectivity index (χ1) is 5.72. The number of halogens is 1. The highest BCUT2D eigenvalue weighted by atomic mass is 127. The van der Waals surface area contributed by atoms with Crippen LogP contribution in [0.1, 0.15) is 20.7 Å². The summed E-state index contributed by atoms with van der Waals surface area (Å²) in [7, 11) is 1.49. The van der Waals surface area contributed by atoms with Crippen LogP contribution in [0.2, 0.25) is 0 Å². The highest BCUT2D eigenvalue weighted by Crippen LogP contribution is 2.20. The number of fused-ring (bicyclic) bond motifs is 1. The molecule has 1 aliphatic rings. The van der Waals surface area contributed by atoms with Gasteiger partial charge >= 0.3 is 0 Å². The number of rotatable bonds is 0. The van der Waals surface area contributed by atoms with Crippen LogP contribution < -0.4 is 0 Å². The van der Waals surface area contributed by atoms with Gasteiger partial charge in [0.05, 0.1) is 11.1 Å². The van der Waals surface area contributed by atoms with Crippen LogP contribution in [0.25, 0.3) is 0 Å². The molecule has 13 heavy (non-hydrogen) atoms. The molecule has 0 saturated carbocycles. The molecule has 1 aromatic carbocycles. The van der Waals surface area contributed by atoms with Gasteiger partial charge in [-0.25, -0.2) is 0 Å². The predicted octanol–water partition coefficient (Wildman–Crippen LogP) is 1.53. The molecule has 3 nitrogen and oxygen atoms in total. The van der Waals surface area contributed by atoms with E-state index >= 15 is 0 Å². The molecule has 0 aliphatic carbocycles. The molecule has 0 N–H and O–H groups in total. The number of amides is 2. The van der Waals surface area contributed by atoms with E-state index in [2.05, 4.69) is 0 Å². The number of hydrogen-bond acceptors (Lipinski definition) is 2. The van der Waals surface area contributed by atoms with Gasteiger partial charge in [-0.05, 0) is 12.1 Å². The lowest BCUT2D eigenvalue weighted by molar-refractivity contribution is 0.0693. The van der Waals surface area contributed by atoms with Gasteiger partial charge in [0, 0.05) is 7.05 Å². The zero-order chi connectivity index (χ0) is 8.72. The van der Waals surface area contributed by atoms with Crippen LogP contribution in [0.15, 0.2) is 24.3 Å². The molecule has 0 bridgehead atoms. The second kappa shape index (κ2) is 3.45. The van der Waals surface area contributed by atoms with Gasteiger partial charge in [-0.1, -0.05) is 12.1 Å². The van der Waals surface area contributed by atoms with Gasteiger partial charge in [0.2, 0.25) is 0 Å². The Labute approximate surface area is 92.7 Å². The molecule has 68 valence electrons. The largest absolute Gasteiger partial charge is 0.277 e. The first-order valence-electron chi connectivity index (χ1n) is 3.63. The first kappa shape index (κ1) is 10.2. The Hall–Kier alpha value is -0.910. The Morgan fingerprint density at radius 2 is 1.38 bits per heavy atom. The zero-order valence-electron chi connectivity index (χ0n) is 6.98. The molecule has 0 saturated heterocycles. The SMILES string of the molecule is CN1C(=O)c2ccccc2C1=O.I. The second-order valence-electron chi connectivity index (χ2n) is 2.71. The van der Waals surface area contributed by atoms with Gasteiger partial charge in [-0.2, -0.15) is 0 Å². The van der Waals surface area contributed by atoms with Crippen LogP contribution in [-0.4, -0.2) is 23.8 Å². The van der Waals surface area contributed by atoms with Crippen LogP contribution in [0.4, 0.5) is 0 Å². The fourth-order valence-electron chi connectivity index (χ4n) is 1.31. The Morgan fingerprint density at radius 1 is 1.00 bits per heavy atom. The molecule has 0 unspecified atom stereocenters. The van der Waals surface area contributed by atoms with Gasteiger partial charge in [0.1, 0.15) is 0 Å². The van der Waals surface area contributed by atoms with Gasteiger partial charge in [0.25, 0.3) is 11.8 Å². The highest BCUT2D eigenvalue weighted by molar-refractivity contribution is 14.0. The first-order valence-corrected chi connectivity index (χ1v) is 3.63. The van der Waals surface area contributed by atoms with Gasteiger partial charge in [-0.3, -0.25) is 14.5 Å². The summed E-state index contributed by atoms with van der Waals surface area (Å²) in [5, 5.41) is 0. The lowest BCUT2D eigenvalue weighted by Crippen LogP contribution is -2.24. The molecular formula is C9H8INO2. The molecule has 4 heteroatoms. The molecule has 2 amide bonds. The van der Waals surface area contributed by atoms with Gasteiger partial charge < -0.3 is 0 Å². The average molecular weight is 289 g/mol. The van der Waals surface area contributed by atoms with Crippen LogP contribution in [-0.2, 0) is 0 Å². The number of imide groups is 1. The van der Waals surface area contributed by atoms with Crippen molar-refractivity contribution in [3.05, 3.63) is 35.4 Å². The standard InChI is InChI=1S/C9H7NO2.HI/c1-10-8(11)6-4-2-3-5-7(6)9(10)12;/h2-5H,1H3;1H. The third-order valence-corrected chi connectivity index (χ3v) is 2.00. The van der Waals surface area contributed by atoms with E-state index in [1.165, 1.54) is 7.05 Å². The number of hydrogen-bond donors (Lipinski definition) is 0. The van der Waals surface area contributed by atoms with Gasteiger partial charge in [-0.15, -0.1) is 24.0 Å². The second-order valence-corrected chi connectivity index (χ2v) is 2.71. The molecule has 0 fully saturated rings. The molecule has 1 aromatic rings. The summed E-state index contributed by atoms with van der Waals surface area (Å²) in [6.07, 6.45) is 0. The Kier molecular flexibility index (Phi) is 2.70. The van der Waals surface area contributed by atoms with E-state index in [0.717, 1.165) is 4.90 Å². The van der Waals surface area contributed by atoms with Crippen LogP contribution in [0, 0.1) is 0 Å². The smallest absolute Gasteiger partial charge is 0.261 e. The lowest BCUT2D eigenvalue weighted by Gasteiger charge is -2.02. The van der Waals surface area contributed by atoms with E-state index in [-0.39, 0.29) is 35.8 Å². The van der Waals surface area contributed by atoms with E-state index in [1.54, 1.807) is 24.3 Å². The van der Waals surface area contributed by atoms with Crippen LogP contribution in [0.5, 0.6) is 0 Å². The molecule has 2 rings (SSSR count). The molecular weight excluding hydrogens is 281 g/mol. The molecule has 0 atom stereocenters. The maximum Gasteiger partial charge on any atom is 0.261 e. The highest BCUT2D eigenvalue weighted by Gasteiger charge is 2.31. The Balaban J connectivity index is 0.000000845. The molecule has 0 spiro atoms. The fraction of sp³-hybridized carbons (Fsp3) is 0.111. The maximum atomic E-state index is 11.3. The van der Waals surface area contributed by atoms with Crippen molar-refractivity contribution in [2.75, 3.05) is 7.05 Å². The number of carbonyl (C=O) groups is 2. The van der Waals surface area contributed by atoms with Crippen molar-refractivity contribution in [1.82, 2.24) is 4.90 Å². The number of benzene rings is 1. The van der Waals surface area contributed by atoms with Crippen molar-refractivity contribution < 1.29 is 9.59 Å². The van der Waals surface area contributed by atoms with Crippen molar-refractivity contribution in [2.45, 2.75) is 0 Å². The summed E-state index contributed by atoms with van der Waals surface area (Å²) in [6.45, 7) is 0. The van der Waals surface area contributed by atoms with Crippen molar-refractivity contribution in [3.8, 4) is 0 Å². The maximum absolute atomic E-state index is 11.3. The summed E-state index contributed by atoms with van der Waals surface area (Å²) in [6, 6.07) is 6.84. The van der Waals surface area contributed by atoms with Crippen molar-refractivity contribution in [2.24, 2.45) is 0 Å². The average Bonchev–Trinajstić information content (AvgIpc) is 2.33. The van der Waals surface area contributed by atoms with Crippen LogP contribution >= 0.6 is 24.0 Å². The summed E-state index contributed by atoms with van der Waals surface area (Å²) in [4.78, 5) is 23.8.